The summed E-state index contributed by atoms with van der Waals surface area (Å²) in [6, 6.07) is 0. The van der Waals surface area contributed by atoms with Crippen LogP contribution in [0.1, 0.15) is 0 Å². The second-order valence-electron chi connectivity index (χ2n) is 2.12. The third-order valence-corrected chi connectivity index (χ3v) is 1.44. The van der Waals surface area contributed by atoms with Gasteiger partial charge in [0.05, 0.1) is 19.6 Å². The van der Waals surface area contributed by atoms with Crippen molar-refractivity contribution >= 4 is 0 Å². The Hall–Kier alpha value is -1.78. The Labute approximate surface area is 68.4 Å². The number of hydrogen-bond acceptors (Lipinski definition) is 4. The Morgan fingerprint density at radius 2 is 2.42 bits per heavy atom. The minimum absolute atomic E-state index is 0.476. The van der Waals surface area contributed by atoms with E-state index in [0.29, 0.717) is 17.5 Å². The number of aromatic nitrogens is 3. The van der Waals surface area contributed by atoms with Crippen LogP contribution in [-0.4, -0.2) is 22.1 Å². The summed E-state index contributed by atoms with van der Waals surface area (Å²) in [7, 11) is 1.54. The van der Waals surface area contributed by atoms with Gasteiger partial charge in [-0.2, -0.15) is 0 Å². The first-order chi connectivity index (χ1) is 5.92. The van der Waals surface area contributed by atoms with Crippen molar-refractivity contribution in [2.75, 3.05) is 7.11 Å². The summed E-state index contributed by atoms with van der Waals surface area (Å²) in [5.74, 6) is 0.960. The van der Waals surface area contributed by atoms with Gasteiger partial charge >= 0.3 is 0 Å². The van der Waals surface area contributed by atoms with E-state index < -0.39 is 0 Å². The van der Waals surface area contributed by atoms with E-state index >= 15 is 0 Å². The van der Waals surface area contributed by atoms with Gasteiger partial charge < -0.3 is 14.1 Å². The molecule has 0 amide bonds. The molecule has 0 bridgehead atoms. The van der Waals surface area contributed by atoms with Gasteiger partial charge in [0.25, 0.3) is 0 Å². The average Bonchev–Trinajstić information content (AvgIpc) is 2.74. The first-order valence-electron chi connectivity index (χ1n) is 3.39. The molecule has 0 saturated carbocycles. The highest BCUT2D eigenvalue weighted by molar-refractivity contribution is 5.53. The van der Waals surface area contributed by atoms with Crippen LogP contribution >= 0.6 is 0 Å². The van der Waals surface area contributed by atoms with Crippen molar-refractivity contribution in [3.8, 4) is 17.5 Å². The van der Waals surface area contributed by atoms with Crippen molar-refractivity contribution < 1.29 is 9.15 Å². The average molecular weight is 165 g/mol. The van der Waals surface area contributed by atoms with E-state index in [2.05, 4.69) is 15.0 Å². The fourth-order valence-electron chi connectivity index (χ4n) is 0.937. The monoisotopic (exact) mass is 165 g/mol. The SMILES string of the molecule is COc1nc[nH]c1-c1ncco1. The van der Waals surface area contributed by atoms with Crippen molar-refractivity contribution in [2.45, 2.75) is 0 Å². The van der Waals surface area contributed by atoms with Gasteiger partial charge in [-0.05, 0) is 0 Å². The molecular weight excluding hydrogens is 158 g/mol. The Balaban J connectivity index is 2.46. The molecule has 0 spiro atoms. The highest BCUT2D eigenvalue weighted by atomic mass is 16.5. The lowest BCUT2D eigenvalue weighted by Gasteiger charge is -1.94. The molecule has 2 rings (SSSR count). The van der Waals surface area contributed by atoms with Crippen LogP contribution in [-0.2, 0) is 0 Å². The van der Waals surface area contributed by atoms with Crippen molar-refractivity contribution in [1.82, 2.24) is 15.0 Å². The van der Waals surface area contributed by atoms with Gasteiger partial charge in [-0.3, -0.25) is 0 Å². The number of nitrogens with zero attached hydrogens (tertiary/aromatic N) is 2. The van der Waals surface area contributed by atoms with Crippen molar-refractivity contribution in [3.63, 3.8) is 0 Å². The number of imidazole rings is 1. The standard InChI is InChI=1S/C7H7N3O2/c1-11-6-5(9-4-10-6)7-8-2-3-12-7/h2-4H,1H3,(H,9,10). The number of hydrogen-bond donors (Lipinski definition) is 1. The molecular formula is C7H7N3O2. The summed E-state index contributed by atoms with van der Waals surface area (Å²) in [5, 5.41) is 0. The zero-order valence-electron chi connectivity index (χ0n) is 6.44. The van der Waals surface area contributed by atoms with Gasteiger partial charge in [0.2, 0.25) is 11.8 Å². The highest BCUT2D eigenvalue weighted by Crippen LogP contribution is 2.23. The predicted octanol–water partition coefficient (Wildman–Crippen LogP) is 1.07. The molecule has 0 aliphatic rings. The fraction of sp³-hybridized carbons (Fsp3) is 0.143. The number of rotatable bonds is 2. The minimum Gasteiger partial charge on any atom is -0.479 e. The van der Waals surface area contributed by atoms with Gasteiger partial charge in [0.1, 0.15) is 6.26 Å². The van der Waals surface area contributed by atoms with E-state index in [-0.39, 0.29) is 0 Å². The molecule has 0 aliphatic heterocycles. The largest absolute Gasteiger partial charge is 0.479 e. The van der Waals surface area contributed by atoms with Gasteiger partial charge in [-0.1, -0.05) is 0 Å². The lowest BCUT2D eigenvalue weighted by Crippen LogP contribution is -1.85. The first-order valence-corrected chi connectivity index (χ1v) is 3.39. The Bertz CT molecular complexity index is 352. The van der Waals surface area contributed by atoms with Gasteiger partial charge in [-0.15, -0.1) is 0 Å². The third-order valence-electron chi connectivity index (χ3n) is 1.44. The number of H-pyrrole nitrogens is 1. The minimum atomic E-state index is 0.476. The first kappa shape index (κ1) is 6.90. The highest BCUT2D eigenvalue weighted by Gasteiger charge is 2.11. The second-order valence-corrected chi connectivity index (χ2v) is 2.12. The molecule has 2 aromatic heterocycles. The Morgan fingerprint density at radius 1 is 1.50 bits per heavy atom. The molecule has 2 aromatic rings. The summed E-state index contributed by atoms with van der Waals surface area (Å²) in [5.41, 5.74) is 0.655. The second kappa shape index (κ2) is 2.69. The van der Waals surface area contributed by atoms with Crippen molar-refractivity contribution in [1.29, 1.82) is 0 Å². The molecule has 0 aliphatic carbocycles. The number of nitrogens with one attached hydrogen (secondary N) is 1. The fourth-order valence-corrected chi connectivity index (χ4v) is 0.937. The predicted molar refractivity (Wildman–Crippen MR) is 40.6 cm³/mol. The zero-order valence-corrected chi connectivity index (χ0v) is 6.44. The van der Waals surface area contributed by atoms with E-state index in [9.17, 15) is 0 Å². The summed E-state index contributed by atoms with van der Waals surface area (Å²) < 4.78 is 10.0. The molecule has 0 unspecified atom stereocenters. The van der Waals surface area contributed by atoms with E-state index in [1.54, 1.807) is 13.3 Å². The molecule has 5 heteroatoms. The molecule has 5 nitrogen and oxygen atoms in total. The number of aromatic amines is 1. The summed E-state index contributed by atoms with van der Waals surface area (Å²) in [6.07, 6.45) is 4.59. The van der Waals surface area contributed by atoms with Crippen LogP contribution in [0.3, 0.4) is 0 Å². The Kier molecular flexibility index (Phi) is 1.55. The van der Waals surface area contributed by atoms with E-state index in [0.717, 1.165) is 0 Å². The maximum Gasteiger partial charge on any atom is 0.248 e. The zero-order chi connectivity index (χ0) is 8.39. The van der Waals surface area contributed by atoms with Crippen molar-refractivity contribution in [3.05, 3.63) is 18.8 Å². The molecule has 1 N–H and O–H groups in total. The van der Waals surface area contributed by atoms with Crippen LogP contribution in [0.15, 0.2) is 23.2 Å². The molecule has 0 aromatic carbocycles. The lowest BCUT2D eigenvalue weighted by molar-refractivity contribution is 0.400. The summed E-state index contributed by atoms with van der Waals surface area (Å²) in [6.45, 7) is 0. The van der Waals surface area contributed by atoms with Crippen LogP contribution in [0.4, 0.5) is 0 Å². The summed E-state index contributed by atoms with van der Waals surface area (Å²) >= 11 is 0. The molecule has 0 radical (unpaired) electrons. The van der Waals surface area contributed by atoms with Crippen molar-refractivity contribution in [2.24, 2.45) is 0 Å². The van der Waals surface area contributed by atoms with E-state index in [1.807, 2.05) is 0 Å². The molecule has 12 heavy (non-hydrogen) atoms. The van der Waals surface area contributed by atoms with Crippen LogP contribution in [0.2, 0.25) is 0 Å². The molecule has 0 atom stereocenters. The topological polar surface area (TPSA) is 63.9 Å². The molecule has 2 heterocycles. The lowest BCUT2D eigenvalue weighted by atomic mass is 10.4. The Morgan fingerprint density at radius 3 is 3.08 bits per heavy atom. The number of ether oxygens (including phenoxy) is 1. The maximum absolute atomic E-state index is 5.06. The van der Waals surface area contributed by atoms with Crippen LogP contribution in [0, 0.1) is 0 Å². The van der Waals surface area contributed by atoms with Gasteiger partial charge in [-0.25, -0.2) is 9.97 Å². The van der Waals surface area contributed by atoms with Crippen LogP contribution < -0.4 is 4.74 Å². The normalized spacial score (nSPS) is 10.1. The quantitative estimate of drug-likeness (QED) is 0.722. The van der Waals surface area contributed by atoms with Gasteiger partial charge in [0, 0.05) is 0 Å². The number of methoxy groups -OCH3 is 1. The molecule has 0 fully saturated rings. The van der Waals surface area contributed by atoms with E-state index in [1.165, 1.54) is 12.6 Å². The molecule has 62 valence electrons. The molecule has 0 saturated heterocycles. The van der Waals surface area contributed by atoms with Gasteiger partial charge in [0.15, 0.2) is 5.69 Å². The maximum atomic E-state index is 5.06. The van der Waals surface area contributed by atoms with E-state index in [4.69, 9.17) is 9.15 Å². The smallest absolute Gasteiger partial charge is 0.248 e. The summed E-state index contributed by atoms with van der Waals surface area (Å²) in [4.78, 5) is 10.7. The van der Waals surface area contributed by atoms with Crippen LogP contribution in [0.5, 0.6) is 5.88 Å². The third kappa shape index (κ3) is 0.952. The number of oxazole rings is 1. The van der Waals surface area contributed by atoms with Crippen LogP contribution in [0.25, 0.3) is 11.6 Å².